The molecule has 5 aromatic rings. The summed E-state index contributed by atoms with van der Waals surface area (Å²) < 4.78 is 7.09. The van der Waals surface area contributed by atoms with E-state index in [-0.39, 0.29) is 11.9 Å². The molecule has 0 spiro atoms. The van der Waals surface area contributed by atoms with Crippen LogP contribution in [0.3, 0.4) is 0 Å². The number of rotatable bonds is 7. The lowest BCUT2D eigenvalue weighted by Crippen LogP contribution is -2.12. The highest BCUT2D eigenvalue weighted by Crippen LogP contribution is 2.23. The second kappa shape index (κ2) is 9.64. The van der Waals surface area contributed by atoms with Crippen LogP contribution in [0.4, 0.5) is 11.6 Å². The molecular weight excluding hydrogens is 440 g/mol. The molecule has 8 nitrogen and oxygen atoms in total. The van der Waals surface area contributed by atoms with Gasteiger partial charge in [-0.05, 0) is 55.0 Å². The second-order valence-electron chi connectivity index (χ2n) is 8.02. The first-order chi connectivity index (χ1) is 17.1. The first-order valence-electron chi connectivity index (χ1n) is 11.2. The molecule has 8 heteroatoms. The van der Waals surface area contributed by atoms with Gasteiger partial charge in [0.1, 0.15) is 17.9 Å². The quantitative estimate of drug-likeness (QED) is 0.342. The lowest BCUT2D eigenvalue weighted by Gasteiger charge is -2.14. The fourth-order valence-corrected chi connectivity index (χ4v) is 3.81. The Morgan fingerprint density at radius 1 is 0.971 bits per heavy atom. The SMILES string of the molecule is COc1cccc(C(=O)Nc2ccc3c(c2)ncn3-c2ccnc(N[C@@H](C)c3ccccc3)n2)c1. The van der Waals surface area contributed by atoms with Gasteiger partial charge in [0.2, 0.25) is 5.95 Å². The molecule has 0 radical (unpaired) electrons. The Balaban J connectivity index is 1.35. The van der Waals surface area contributed by atoms with Crippen molar-refractivity contribution in [1.29, 1.82) is 0 Å². The number of methoxy groups -OCH3 is 1. The third-order valence-corrected chi connectivity index (χ3v) is 5.67. The van der Waals surface area contributed by atoms with Crippen molar-refractivity contribution >= 4 is 28.6 Å². The fourth-order valence-electron chi connectivity index (χ4n) is 3.81. The average molecular weight is 465 g/mol. The molecule has 1 amide bonds. The summed E-state index contributed by atoms with van der Waals surface area (Å²) in [5, 5.41) is 6.27. The van der Waals surface area contributed by atoms with Crippen LogP contribution < -0.4 is 15.4 Å². The van der Waals surface area contributed by atoms with E-state index in [4.69, 9.17) is 4.74 Å². The van der Waals surface area contributed by atoms with Gasteiger partial charge in [-0.2, -0.15) is 4.98 Å². The molecular formula is C27H24N6O2. The average Bonchev–Trinajstić information content (AvgIpc) is 3.32. The summed E-state index contributed by atoms with van der Waals surface area (Å²) in [5.74, 6) is 1.63. The molecule has 2 aromatic heterocycles. The van der Waals surface area contributed by atoms with Crippen LogP contribution in [-0.4, -0.2) is 32.5 Å². The van der Waals surface area contributed by atoms with Crippen LogP contribution in [-0.2, 0) is 0 Å². The highest BCUT2D eigenvalue weighted by Gasteiger charge is 2.12. The number of nitrogens with zero attached hydrogens (tertiary/aromatic N) is 4. The van der Waals surface area contributed by atoms with Crippen molar-refractivity contribution in [2.75, 3.05) is 17.7 Å². The summed E-state index contributed by atoms with van der Waals surface area (Å²) in [7, 11) is 1.57. The number of carbonyl (C=O) groups excluding carboxylic acids is 1. The molecule has 0 aliphatic heterocycles. The predicted molar refractivity (Wildman–Crippen MR) is 136 cm³/mol. The zero-order valence-corrected chi connectivity index (χ0v) is 19.3. The first kappa shape index (κ1) is 22.1. The number of hydrogen-bond acceptors (Lipinski definition) is 6. The van der Waals surface area contributed by atoms with Crippen LogP contribution in [0.2, 0.25) is 0 Å². The summed E-state index contributed by atoms with van der Waals surface area (Å²) in [6, 6.07) is 24.6. The predicted octanol–water partition coefficient (Wildman–Crippen LogP) is 5.25. The summed E-state index contributed by atoms with van der Waals surface area (Å²) in [6.45, 7) is 2.07. The minimum Gasteiger partial charge on any atom is -0.497 e. The van der Waals surface area contributed by atoms with Gasteiger partial charge in [0.15, 0.2) is 0 Å². The summed E-state index contributed by atoms with van der Waals surface area (Å²) >= 11 is 0. The number of imidazole rings is 1. The van der Waals surface area contributed by atoms with Crippen LogP contribution in [0.5, 0.6) is 5.75 Å². The molecule has 35 heavy (non-hydrogen) atoms. The van der Waals surface area contributed by atoms with Crippen molar-refractivity contribution in [2.45, 2.75) is 13.0 Å². The molecule has 0 unspecified atom stereocenters. The highest BCUT2D eigenvalue weighted by atomic mass is 16.5. The van der Waals surface area contributed by atoms with E-state index in [1.165, 1.54) is 0 Å². The highest BCUT2D eigenvalue weighted by molar-refractivity contribution is 6.05. The minimum absolute atomic E-state index is 0.0572. The van der Waals surface area contributed by atoms with E-state index in [2.05, 4.69) is 44.6 Å². The van der Waals surface area contributed by atoms with Crippen molar-refractivity contribution in [3.05, 3.63) is 103 Å². The van der Waals surface area contributed by atoms with Gasteiger partial charge in [-0.25, -0.2) is 9.97 Å². The summed E-state index contributed by atoms with van der Waals surface area (Å²) in [4.78, 5) is 26.2. The normalized spacial score (nSPS) is 11.7. The maximum Gasteiger partial charge on any atom is 0.255 e. The number of hydrogen-bond donors (Lipinski definition) is 2. The molecule has 0 fully saturated rings. The van der Waals surface area contributed by atoms with E-state index in [0.29, 0.717) is 28.8 Å². The summed E-state index contributed by atoms with van der Waals surface area (Å²) in [5.41, 5.74) is 3.92. The van der Waals surface area contributed by atoms with Gasteiger partial charge in [0.25, 0.3) is 5.91 Å². The Bertz CT molecular complexity index is 1480. The molecule has 3 aromatic carbocycles. The number of anilines is 2. The zero-order valence-electron chi connectivity index (χ0n) is 19.3. The van der Waals surface area contributed by atoms with Crippen molar-refractivity contribution < 1.29 is 9.53 Å². The van der Waals surface area contributed by atoms with Crippen LogP contribution in [0.15, 0.2) is 91.4 Å². The van der Waals surface area contributed by atoms with E-state index in [0.717, 1.165) is 16.6 Å². The van der Waals surface area contributed by atoms with Gasteiger partial charge in [-0.15, -0.1) is 0 Å². The summed E-state index contributed by atoms with van der Waals surface area (Å²) in [6.07, 6.45) is 3.43. The van der Waals surface area contributed by atoms with Crippen LogP contribution in [0, 0.1) is 0 Å². The number of nitrogens with one attached hydrogen (secondary N) is 2. The number of aromatic nitrogens is 4. The van der Waals surface area contributed by atoms with E-state index < -0.39 is 0 Å². The third-order valence-electron chi connectivity index (χ3n) is 5.67. The van der Waals surface area contributed by atoms with Crippen molar-refractivity contribution in [3.63, 3.8) is 0 Å². The number of fused-ring (bicyclic) bond motifs is 1. The van der Waals surface area contributed by atoms with Gasteiger partial charge >= 0.3 is 0 Å². The Labute approximate surface area is 202 Å². The number of benzene rings is 3. The smallest absolute Gasteiger partial charge is 0.255 e. The Morgan fingerprint density at radius 2 is 1.83 bits per heavy atom. The fraction of sp³-hybridized carbons (Fsp3) is 0.111. The van der Waals surface area contributed by atoms with E-state index in [1.54, 1.807) is 43.9 Å². The van der Waals surface area contributed by atoms with Gasteiger partial charge in [-0.3, -0.25) is 9.36 Å². The second-order valence-corrected chi connectivity index (χ2v) is 8.02. The van der Waals surface area contributed by atoms with E-state index >= 15 is 0 Å². The topological polar surface area (TPSA) is 94.0 Å². The van der Waals surface area contributed by atoms with Crippen molar-refractivity contribution in [3.8, 4) is 11.6 Å². The molecule has 0 bridgehead atoms. The molecule has 1 atom stereocenters. The molecule has 0 aliphatic carbocycles. The Kier molecular flexibility index (Phi) is 6.09. The molecule has 2 N–H and O–H groups in total. The maximum absolute atomic E-state index is 12.7. The van der Waals surface area contributed by atoms with Gasteiger partial charge in [0.05, 0.1) is 24.2 Å². The molecule has 5 rings (SSSR count). The minimum atomic E-state index is -0.221. The van der Waals surface area contributed by atoms with E-state index in [1.807, 2.05) is 47.0 Å². The monoisotopic (exact) mass is 464 g/mol. The van der Waals surface area contributed by atoms with Gasteiger partial charge in [-0.1, -0.05) is 36.4 Å². The maximum atomic E-state index is 12.7. The van der Waals surface area contributed by atoms with Crippen LogP contribution >= 0.6 is 0 Å². The standard InChI is InChI=1S/C27H24N6O2/c1-18(19-7-4-3-5-8-19)30-27-28-14-13-25(32-27)33-17-29-23-16-21(11-12-24(23)33)31-26(34)20-9-6-10-22(15-20)35-2/h3-18H,1-2H3,(H,31,34)(H,28,30,32)/t18-/m0/s1. The van der Waals surface area contributed by atoms with Crippen LogP contribution in [0.1, 0.15) is 28.9 Å². The Morgan fingerprint density at radius 3 is 2.66 bits per heavy atom. The van der Waals surface area contributed by atoms with Crippen molar-refractivity contribution in [2.24, 2.45) is 0 Å². The van der Waals surface area contributed by atoms with Gasteiger partial charge < -0.3 is 15.4 Å². The number of ether oxygens (including phenoxy) is 1. The Hall–Kier alpha value is -4.72. The lowest BCUT2D eigenvalue weighted by molar-refractivity contribution is 0.102. The zero-order chi connectivity index (χ0) is 24.2. The number of carbonyl (C=O) groups is 1. The van der Waals surface area contributed by atoms with E-state index in [9.17, 15) is 4.79 Å². The molecule has 2 heterocycles. The molecule has 174 valence electrons. The van der Waals surface area contributed by atoms with Crippen molar-refractivity contribution in [1.82, 2.24) is 19.5 Å². The largest absolute Gasteiger partial charge is 0.497 e. The number of amides is 1. The molecule has 0 saturated heterocycles. The molecule has 0 saturated carbocycles. The first-order valence-corrected chi connectivity index (χ1v) is 11.2. The van der Waals surface area contributed by atoms with Gasteiger partial charge in [0, 0.05) is 17.4 Å². The third kappa shape index (κ3) is 4.81. The lowest BCUT2D eigenvalue weighted by atomic mass is 10.1. The molecule has 0 aliphatic rings. The van der Waals surface area contributed by atoms with Crippen LogP contribution in [0.25, 0.3) is 16.9 Å².